The highest BCUT2D eigenvalue weighted by molar-refractivity contribution is 5.84. The minimum Gasteiger partial charge on any atom is -0.480 e. The lowest BCUT2D eigenvalue weighted by Crippen LogP contribution is -2.44. The summed E-state index contributed by atoms with van der Waals surface area (Å²) in [5, 5.41) is 11.7. The van der Waals surface area contributed by atoms with Crippen molar-refractivity contribution in [2.45, 2.75) is 45.4 Å². The Kier molecular flexibility index (Phi) is 4.49. The van der Waals surface area contributed by atoms with Crippen LogP contribution in [-0.2, 0) is 22.5 Å². The highest BCUT2D eigenvalue weighted by Crippen LogP contribution is 2.17. The van der Waals surface area contributed by atoms with Crippen LogP contribution in [0.15, 0.2) is 23.2 Å². The first-order chi connectivity index (χ1) is 10.2. The van der Waals surface area contributed by atoms with Crippen LogP contribution in [0.4, 0.5) is 4.79 Å². The Balaban J connectivity index is 2.03. The SMILES string of the molecule is CC(C)(C)OC(=O)NC(Cc1ccc2c(c1)CN=C2)C(=O)O. The Bertz CT molecular complexity index is 617. The first-order valence-electron chi connectivity index (χ1n) is 7.08. The predicted molar refractivity (Wildman–Crippen MR) is 82.2 cm³/mol. The third-order valence-electron chi connectivity index (χ3n) is 3.13. The molecular formula is C16H20N2O4. The van der Waals surface area contributed by atoms with Crippen LogP contribution in [0.1, 0.15) is 37.5 Å². The van der Waals surface area contributed by atoms with Crippen molar-refractivity contribution in [1.29, 1.82) is 0 Å². The number of ether oxygens (including phenoxy) is 1. The Hall–Kier alpha value is -2.37. The van der Waals surface area contributed by atoms with Gasteiger partial charge in [-0.2, -0.15) is 0 Å². The summed E-state index contributed by atoms with van der Waals surface area (Å²) >= 11 is 0. The van der Waals surface area contributed by atoms with Gasteiger partial charge in [-0.1, -0.05) is 18.2 Å². The molecule has 0 bridgehead atoms. The number of carbonyl (C=O) groups excluding carboxylic acids is 1. The van der Waals surface area contributed by atoms with Crippen LogP contribution >= 0.6 is 0 Å². The van der Waals surface area contributed by atoms with E-state index in [1.807, 2.05) is 18.2 Å². The molecule has 1 heterocycles. The third-order valence-corrected chi connectivity index (χ3v) is 3.13. The van der Waals surface area contributed by atoms with Crippen molar-refractivity contribution in [3.8, 4) is 0 Å². The fraction of sp³-hybridized carbons (Fsp3) is 0.438. The van der Waals surface area contributed by atoms with Crippen molar-refractivity contribution < 1.29 is 19.4 Å². The molecule has 1 atom stereocenters. The molecule has 0 fully saturated rings. The van der Waals surface area contributed by atoms with E-state index in [0.717, 1.165) is 16.7 Å². The fourth-order valence-corrected chi connectivity index (χ4v) is 2.18. The normalized spacial score (nSPS) is 14.3. The summed E-state index contributed by atoms with van der Waals surface area (Å²) in [5.41, 5.74) is 2.29. The molecule has 0 saturated heterocycles. The van der Waals surface area contributed by atoms with Crippen molar-refractivity contribution in [2.75, 3.05) is 0 Å². The molecule has 0 radical (unpaired) electrons. The number of hydrogen-bond donors (Lipinski definition) is 2. The zero-order valence-corrected chi connectivity index (χ0v) is 12.9. The minimum absolute atomic E-state index is 0.196. The highest BCUT2D eigenvalue weighted by atomic mass is 16.6. The van der Waals surface area contributed by atoms with E-state index in [-0.39, 0.29) is 6.42 Å². The first-order valence-corrected chi connectivity index (χ1v) is 7.08. The number of carboxylic acids is 1. The number of carboxylic acid groups (broad SMARTS) is 1. The molecule has 118 valence electrons. The number of aliphatic imine (C=N–C) groups is 1. The van der Waals surface area contributed by atoms with Crippen molar-refractivity contribution in [3.05, 3.63) is 34.9 Å². The minimum atomic E-state index is -1.09. The van der Waals surface area contributed by atoms with Crippen molar-refractivity contribution >= 4 is 18.3 Å². The molecule has 1 amide bonds. The number of aliphatic carboxylic acids is 1. The lowest BCUT2D eigenvalue weighted by atomic mass is 10.0. The average Bonchev–Trinajstić information content (AvgIpc) is 2.82. The van der Waals surface area contributed by atoms with Gasteiger partial charge in [0.2, 0.25) is 0 Å². The number of benzene rings is 1. The summed E-state index contributed by atoms with van der Waals surface area (Å²) in [4.78, 5) is 27.2. The number of alkyl carbamates (subject to hydrolysis) is 1. The summed E-state index contributed by atoms with van der Waals surface area (Å²) in [7, 11) is 0. The summed E-state index contributed by atoms with van der Waals surface area (Å²) in [6.45, 7) is 5.79. The molecule has 1 unspecified atom stereocenters. The second-order valence-electron chi connectivity index (χ2n) is 6.24. The van der Waals surface area contributed by atoms with Gasteiger partial charge in [-0.05, 0) is 37.5 Å². The van der Waals surface area contributed by atoms with Crippen LogP contribution in [0.3, 0.4) is 0 Å². The van der Waals surface area contributed by atoms with Gasteiger partial charge in [0, 0.05) is 12.6 Å². The molecule has 0 aliphatic carbocycles. The summed E-state index contributed by atoms with van der Waals surface area (Å²) in [5.74, 6) is -1.09. The highest BCUT2D eigenvalue weighted by Gasteiger charge is 2.24. The van der Waals surface area contributed by atoms with E-state index in [0.29, 0.717) is 6.54 Å². The van der Waals surface area contributed by atoms with Crippen molar-refractivity contribution in [3.63, 3.8) is 0 Å². The standard InChI is InChI=1S/C16H20N2O4/c1-16(2,3)22-15(21)18-13(14(19)20)7-10-4-5-11-8-17-9-12(11)6-10/h4-6,8,13H,7,9H2,1-3H3,(H,18,21)(H,19,20). The first kappa shape index (κ1) is 16.0. The quantitative estimate of drug-likeness (QED) is 0.892. The number of amides is 1. The lowest BCUT2D eigenvalue weighted by Gasteiger charge is -2.22. The zero-order valence-electron chi connectivity index (χ0n) is 12.9. The summed E-state index contributed by atoms with van der Waals surface area (Å²) in [6, 6.07) is 4.65. The van der Waals surface area contributed by atoms with Gasteiger partial charge in [0.25, 0.3) is 0 Å². The van der Waals surface area contributed by atoms with Gasteiger partial charge in [0.15, 0.2) is 0 Å². The number of carbonyl (C=O) groups is 2. The number of nitrogens with zero attached hydrogens (tertiary/aromatic N) is 1. The molecule has 0 aromatic heterocycles. The number of rotatable bonds is 4. The van der Waals surface area contributed by atoms with Crippen LogP contribution in [0.25, 0.3) is 0 Å². The largest absolute Gasteiger partial charge is 0.480 e. The molecule has 1 aliphatic heterocycles. The van der Waals surface area contributed by atoms with Crippen LogP contribution in [0, 0.1) is 0 Å². The Morgan fingerprint density at radius 1 is 1.41 bits per heavy atom. The van der Waals surface area contributed by atoms with Gasteiger partial charge in [-0.3, -0.25) is 4.99 Å². The van der Waals surface area contributed by atoms with E-state index >= 15 is 0 Å². The third kappa shape index (κ3) is 4.31. The average molecular weight is 304 g/mol. The van der Waals surface area contributed by atoms with E-state index in [9.17, 15) is 14.7 Å². The number of hydrogen-bond acceptors (Lipinski definition) is 4. The number of nitrogens with one attached hydrogen (secondary N) is 1. The van der Waals surface area contributed by atoms with Gasteiger partial charge in [-0.25, -0.2) is 9.59 Å². The molecule has 1 aromatic carbocycles. The predicted octanol–water partition coefficient (Wildman–Crippen LogP) is 2.14. The molecular weight excluding hydrogens is 284 g/mol. The van der Waals surface area contributed by atoms with Crippen molar-refractivity contribution in [2.24, 2.45) is 4.99 Å². The molecule has 1 aliphatic rings. The van der Waals surface area contributed by atoms with Gasteiger partial charge in [-0.15, -0.1) is 0 Å². The van der Waals surface area contributed by atoms with E-state index in [2.05, 4.69) is 10.3 Å². The molecule has 0 spiro atoms. The summed E-state index contributed by atoms with van der Waals surface area (Å²) in [6.07, 6.45) is 1.26. The fourth-order valence-electron chi connectivity index (χ4n) is 2.18. The molecule has 0 saturated carbocycles. The van der Waals surface area contributed by atoms with Gasteiger partial charge in [0.1, 0.15) is 11.6 Å². The van der Waals surface area contributed by atoms with E-state index < -0.39 is 23.7 Å². The maximum atomic E-state index is 11.7. The molecule has 2 rings (SSSR count). The topological polar surface area (TPSA) is 88.0 Å². The van der Waals surface area contributed by atoms with E-state index in [4.69, 9.17) is 4.74 Å². The smallest absolute Gasteiger partial charge is 0.408 e. The molecule has 2 N–H and O–H groups in total. The Morgan fingerprint density at radius 2 is 2.14 bits per heavy atom. The van der Waals surface area contributed by atoms with Crippen LogP contribution in [-0.4, -0.2) is 35.0 Å². The summed E-state index contributed by atoms with van der Waals surface area (Å²) < 4.78 is 5.10. The maximum Gasteiger partial charge on any atom is 0.408 e. The monoisotopic (exact) mass is 304 g/mol. The van der Waals surface area contributed by atoms with Gasteiger partial charge >= 0.3 is 12.1 Å². The van der Waals surface area contributed by atoms with Crippen molar-refractivity contribution in [1.82, 2.24) is 5.32 Å². The van der Waals surface area contributed by atoms with Gasteiger partial charge in [0.05, 0.1) is 6.54 Å². The van der Waals surface area contributed by atoms with E-state index in [1.54, 1.807) is 27.0 Å². The molecule has 6 nitrogen and oxygen atoms in total. The van der Waals surface area contributed by atoms with Gasteiger partial charge < -0.3 is 15.2 Å². The maximum absolute atomic E-state index is 11.7. The number of fused-ring (bicyclic) bond motifs is 1. The molecule has 6 heteroatoms. The zero-order chi connectivity index (χ0) is 16.3. The van der Waals surface area contributed by atoms with Crippen LogP contribution in [0.5, 0.6) is 0 Å². The van der Waals surface area contributed by atoms with E-state index in [1.165, 1.54) is 0 Å². The van der Waals surface area contributed by atoms with Crippen LogP contribution in [0.2, 0.25) is 0 Å². The second-order valence-corrected chi connectivity index (χ2v) is 6.24. The second kappa shape index (κ2) is 6.17. The Morgan fingerprint density at radius 3 is 2.77 bits per heavy atom. The Labute approximate surface area is 129 Å². The van der Waals surface area contributed by atoms with Crippen LogP contribution < -0.4 is 5.32 Å². The molecule has 1 aromatic rings. The lowest BCUT2D eigenvalue weighted by molar-refractivity contribution is -0.139. The molecule has 22 heavy (non-hydrogen) atoms.